The second-order valence-electron chi connectivity index (χ2n) is 7.13. The van der Waals surface area contributed by atoms with Gasteiger partial charge in [0.15, 0.2) is 12.3 Å². The maximum Gasteiger partial charge on any atom is 0.330 e. The highest BCUT2D eigenvalue weighted by Crippen LogP contribution is 2.20. The Balaban J connectivity index is 2.35. The molecule has 0 atom stereocenters. The van der Waals surface area contributed by atoms with Gasteiger partial charge >= 0.3 is 5.69 Å². The lowest BCUT2D eigenvalue weighted by Gasteiger charge is -2.25. The van der Waals surface area contributed by atoms with Crippen molar-refractivity contribution >= 4 is 29.0 Å². The fraction of sp³-hybridized carbons (Fsp3) is 0.450. The Morgan fingerprint density at radius 2 is 1.93 bits per heavy atom. The maximum absolute atomic E-state index is 12.9. The van der Waals surface area contributed by atoms with Crippen molar-refractivity contribution in [1.82, 2.24) is 9.55 Å². The fourth-order valence-corrected chi connectivity index (χ4v) is 2.99. The number of hydrogen-bond donors (Lipinski definition) is 2. The van der Waals surface area contributed by atoms with E-state index in [1.165, 1.54) is 9.47 Å². The molecule has 2 aromatic rings. The molecule has 2 rings (SSSR count). The first-order chi connectivity index (χ1) is 14.2. The molecule has 0 radical (unpaired) electrons. The third kappa shape index (κ3) is 6.11. The normalized spacial score (nSPS) is 11.0. The summed E-state index contributed by atoms with van der Waals surface area (Å²) in [5.74, 6) is 0.0218. The maximum atomic E-state index is 12.9. The molecule has 9 nitrogen and oxygen atoms in total. The Bertz CT molecular complexity index is 969. The van der Waals surface area contributed by atoms with Gasteiger partial charge in [-0.3, -0.25) is 19.1 Å². The Hall–Kier alpha value is -2.78. The molecule has 1 heterocycles. The molecule has 164 valence electrons. The quantitative estimate of drug-likeness (QED) is 0.546. The number of hydrogen-bond acceptors (Lipinski definition) is 6. The number of halogens is 1. The molecule has 0 spiro atoms. The Kier molecular flexibility index (Phi) is 8.49. The molecule has 3 N–H and O–H groups in total. The summed E-state index contributed by atoms with van der Waals surface area (Å²) in [4.78, 5) is 41.2. The first-order valence-electron chi connectivity index (χ1n) is 9.54. The number of rotatable bonds is 10. The van der Waals surface area contributed by atoms with Crippen LogP contribution in [0.25, 0.3) is 0 Å². The van der Waals surface area contributed by atoms with E-state index >= 15 is 0 Å². The highest BCUT2D eigenvalue weighted by molar-refractivity contribution is 6.30. The summed E-state index contributed by atoms with van der Waals surface area (Å²) in [6.45, 7) is 4.36. The second-order valence-corrected chi connectivity index (χ2v) is 7.57. The number of carbonyl (C=O) groups is 1. The average Bonchev–Trinajstić information content (AvgIpc) is 2.69. The number of carbonyl (C=O) groups excluding carboxylic acids is 1. The minimum Gasteiger partial charge on any atom is -0.484 e. The number of aromatic nitrogens is 2. The predicted octanol–water partition coefficient (Wildman–Crippen LogP) is 1.88. The van der Waals surface area contributed by atoms with Gasteiger partial charge < -0.3 is 20.1 Å². The number of benzene rings is 1. The monoisotopic (exact) mass is 438 g/mol. The molecule has 30 heavy (non-hydrogen) atoms. The Morgan fingerprint density at radius 3 is 2.53 bits per heavy atom. The summed E-state index contributed by atoms with van der Waals surface area (Å²) in [7, 11) is 1.54. The van der Waals surface area contributed by atoms with Crippen molar-refractivity contribution < 1.29 is 14.3 Å². The summed E-state index contributed by atoms with van der Waals surface area (Å²) in [6.07, 6.45) is 0.464. The molecule has 0 aliphatic heterocycles. The van der Waals surface area contributed by atoms with Crippen LogP contribution >= 0.6 is 11.6 Å². The van der Waals surface area contributed by atoms with E-state index in [0.717, 1.165) is 0 Å². The highest BCUT2D eigenvalue weighted by Gasteiger charge is 2.24. The first-order valence-corrected chi connectivity index (χ1v) is 9.92. The molecule has 10 heteroatoms. The van der Waals surface area contributed by atoms with Crippen molar-refractivity contribution in [2.45, 2.75) is 26.8 Å². The van der Waals surface area contributed by atoms with Crippen molar-refractivity contribution in [2.24, 2.45) is 5.92 Å². The number of methoxy groups -OCH3 is 1. The SMILES string of the molecule is COCCCN(C(=O)COc1ccc(Cl)cc1)c1c(N)n(CC(C)C)c(=O)[nH]c1=O. The van der Waals surface area contributed by atoms with Crippen molar-refractivity contribution in [3.8, 4) is 5.75 Å². The number of nitrogens with one attached hydrogen (secondary N) is 1. The van der Waals surface area contributed by atoms with Gasteiger partial charge in [0.25, 0.3) is 11.5 Å². The first kappa shape index (κ1) is 23.5. The smallest absolute Gasteiger partial charge is 0.330 e. The fourth-order valence-electron chi connectivity index (χ4n) is 2.87. The molecular formula is C20H27ClN4O5. The van der Waals surface area contributed by atoms with Gasteiger partial charge in [-0.2, -0.15) is 0 Å². The lowest BCUT2D eigenvalue weighted by molar-refractivity contribution is -0.120. The lowest BCUT2D eigenvalue weighted by atomic mass is 10.2. The van der Waals surface area contributed by atoms with E-state index in [1.807, 2.05) is 13.8 Å². The van der Waals surface area contributed by atoms with Crippen molar-refractivity contribution in [3.05, 3.63) is 50.1 Å². The van der Waals surface area contributed by atoms with E-state index in [1.54, 1.807) is 31.4 Å². The average molecular weight is 439 g/mol. The van der Waals surface area contributed by atoms with Gasteiger partial charge in [0.05, 0.1) is 0 Å². The van der Waals surface area contributed by atoms with Crippen LogP contribution in [-0.4, -0.2) is 42.3 Å². The summed E-state index contributed by atoms with van der Waals surface area (Å²) in [6, 6.07) is 6.55. The van der Waals surface area contributed by atoms with Crippen molar-refractivity contribution in [2.75, 3.05) is 37.5 Å². The van der Waals surface area contributed by atoms with Gasteiger partial charge in [0.1, 0.15) is 11.6 Å². The predicted molar refractivity (Wildman–Crippen MR) is 116 cm³/mol. The summed E-state index contributed by atoms with van der Waals surface area (Å²) < 4.78 is 11.8. The molecule has 0 fully saturated rings. The number of amides is 1. The van der Waals surface area contributed by atoms with E-state index < -0.39 is 17.2 Å². The van der Waals surface area contributed by atoms with Gasteiger partial charge in [0.2, 0.25) is 0 Å². The van der Waals surface area contributed by atoms with E-state index in [9.17, 15) is 14.4 Å². The molecule has 1 aromatic heterocycles. The zero-order chi connectivity index (χ0) is 22.3. The second kappa shape index (κ2) is 10.8. The number of nitrogens with zero attached hydrogens (tertiary/aromatic N) is 2. The minimum atomic E-state index is -0.727. The van der Waals surface area contributed by atoms with E-state index in [4.69, 9.17) is 26.8 Å². The number of nitrogens with two attached hydrogens (primary N) is 1. The van der Waals surface area contributed by atoms with E-state index in [0.29, 0.717) is 30.3 Å². The summed E-state index contributed by atoms with van der Waals surface area (Å²) in [5, 5.41) is 0.543. The molecular weight excluding hydrogens is 412 g/mol. The van der Waals surface area contributed by atoms with Crippen LogP contribution < -0.4 is 26.6 Å². The van der Waals surface area contributed by atoms with Crippen LogP contribution in [0.2, 0.25) is 5.02 Å². The Labute approximate surface area is 179 Å². The van der Waals surface area contributed by atoms with Crippen molar-refractivity contribution in [3.63, 3.8) is 0 Å². The number of anilines is 2. The molecule has 0 saturated carbocycles. The topological polar surface area (TPSA) is 120 Å². The van der Waals surface area contributed by atoms with E-state index in [2.05, 4.69) is 4.98 Å². The molecule has 0 bridgehead atoms. The van der Waals surface area contributed by atoms with E-state index in [-0.39, 0.29) is 30.6 Å². The summed E-state index contributed by atoms with van der Waals surface area (Å²) >= 11 is 5.85. The largest absolute Gasteiger partial charge is 0.484 e. The van der Waals surface area contributed by atoms with Crippen LogP contribution in [0.1, 0.15) is 20.3 Å². The van der Waals surface area contributed by atoms with Gasteiger partial charge in [0, 0.05) is 31.8 Å². The molecule has 1 amide bonds. The Morgan fingerprint density at radius 1 is 1.27 bits per heavy atom. The van der Waals surface area contributed by atoms with Crippen LogP contribution in [0, 0.1) is 5.92 Å². The van der Waals surface area contributed by atoms with Crippen molar-refractivity contribution in [1.29, 1.82) is 0 Å². The number of aromatic amines is 1. The standard InChI is InChI=1S/C20H27ClN4O5/c1-13(2)11-25-18(22)17(19(27)23-20(25)28)24(9-4-10-29-3)16(26)12-30-15-7-5-14(21)6-8-15/h5-8,13H,4,9-12,22H2,1-3H3,(H,23,27,28). The number of ether oxygens (including phenoxy) is 2. The third-order valence-corrected chi connectivity index (χ3v) is 4.49. The molecule has 0 unspecified atom stereocenters. The zero-order valence-electron chi connectivity index (χ0n) is 17.3. The molecule has 1 aromatic carbocycles. The highest BCUT2D eigenvalue weighted by atomic mass is 35.5. The van der Waals surface area contributed by atoms with Gasteiger partial charge in [-0.15, -0.1) is 0 Å². The molecule has 0 aliphatic rings. The lowest BCUT2D eigenvalue weighted by Crippen LogP contribution is -2.43. The number of nitrogen functional groups attached to an aromatic ring is 1. The van der Waals surface area contributed by atoms with Crippen LogP contribution in [0.4, 0.5) is 11.5 Å². The number of H-pyrrole nitrogens is 1. The van der Waals surface area contributed by atoms with Gasteiger partial charge in [-0.05, 0) is 36.6 Å². The van der Waals surface area contributed by atoms with Crippen LogP contribution in [0.3, 0.4) is 0 Å². The molecule has 0 aliphatic carbocycles. The minimum absolute atomic E-state index is 0.0605. The molecule has 0 saturated heterocycles. The van der Waals surface area contributed by atoms with Crippen LogP contribution in [-0.2, 0) is 16.1 Å². The zero-order valence-corrected chi connectivity index (χ0v) is 18.1. The third-order valence-electron chi connectivity index (χ3n) is 4.24. The van der Waals surface area contributed by atoms with Gasteiger partial charge in [-0.1, -0.05) is 25.4 Å². The summed E-state index contributed by atoms with van der Waals surface area (Å²) in [5.41, 5.74) is 4.75. The van der Waals surface area contributed by atoms with Crippen LogP contribution in [0.15, 0.2) is 33.9 Å². The van der Waals surface area contributed by atoms with Crippen LogP contribution in [0.5, 0.6) is 5.75 Å². The van der Waals surface area contributed by atoms with Gasteiger partial charge in [-0.25, -0.2) is 4.79 Å².